The number of likely N-dealkylation sites (tertiary alicyclic amines) is 1. The van der Waals surface area contributed by atoms with Crippen molar-refractivity contribution in [1.82, 2.24) is 4.90 Å². The van der Waals surface area contributed by atoms with Gasteiger partial charge < -0.3 is 20.1 Å². The van der Waals surface area contributed by atoms with Crippen LogP contribution in [0.3, 0.4) is 0 Å². The van der Waals surface area contributed by atoms with E-state index in [2.05, 4.69) is 0 Å². The van der Waals surface area contributed by atoms with Crippen LogP contribution >= 0.6 is 0 Å². The first kappa shape index (κ1) is 15.0. The summed E-state index contributed by atoms with van der Waals surface area (Å²) in [6.45, 7) is 1.08. The van der Waals surface area contributed by atoms with Crippen LogP contribution in [0.25, 0.3) is 0 Å². The average molecular weight is 278 g/mol. The van der Waals surface area contributed by atoms with Crippen molar-refractivity contribution < 1.29 is 14.3 Å². The summed E-state index contributed by atoms with van der Waals surface area (Å²) < 4.78 is 10.7. The number of hydrogen-bond acceptors (Lipinski definition) is 4. The Balaban J connectivity index is 1.94. The highest BCUT2D eigenvalue weighted by atomic mass is 16.5. The van der Waals surface area contributed by atoms with Gasteiger partial charge in [-0.3, -0.25) is 4.79 Å². The third-order valence-electron chi connectivity index (χ3n) is 3.75. The summed E-state index contributed by atoms with van der Waals surface area (Å²) in [4.78, 5) is 14.1. The molecule has 110 valence electrons. The van der Waals surface area contributed by atoms with Crippen molar-refractivity contribution in [3.63, 3.8) is 0 Å². The van der Waals surface area contributed by atoms with Gasteiger partial charge in [0.15, 0.2) is 0 Å². The van der Waals surface area contributed by atoms with Crippen molar-refractivity contribution >= 4 is 5.91 Å². The van der Waals surface area contributed by atoms with E-state index in [-0.39, 0.29) is 18.1 Å². The van der Waals surface area contributed by atoms with E-state index in [1.165, 1.54) is 0 Å². The Bertz CT molecular complexity index is 426. The van der Waals surface area contributed by atoms with Crippen LogP contribution in [0, 0.1) is 0 Å². The Morgan fingerprint density at radius 3 is 2.30 bits per heavy atom. The van der Waals surface area contributed by atoms with Crippen LogP contribution in [0.1, 0.15) is 5.56 Å². The zero-order valence-electron chi connectivity index (χ0n) is 12.0. The molecule has 0 radical (unpaired) electrons. The quantitative estimate of drug-likeness (QED) is 0.848. The molecule has 0 aromatic heterocycles. The number of nitrogens with zero attached hydrogens (tertiary/aromatic N) is 1. The van der Waals surface area contributed by atoms with Gasteiger partial charge in [-0.05, 0) is 12.0 Å². The summed E-state index contributed by atoms with van der Waals surface area (Å²) in [7, 11) is 3.27. The number of amides is 1. The number of nitrogens with two attached hydrogens (primary N) is 1. The van der Waals surface area contributed by atoms with E-state index in [4.69, 9.17) is 15.2 Å². The minimum absolute atomic E-state index is 0.0459. The molecule has 2 N–H and O–H groups in total. The second-order valence-corrected chi connectivity index (χ2v) is 5.09. The second-order valence-electron chi connectivity index (χ2n) is 5.09. The largest absolute Gasteiger partial charge is 0.377 e. The molecule has 3 atom stereocenters. The minimum Gasteiger partial charge on any atom is -0.377 e. The molecule has 1 saturated heterocycles. The third kappa shape index (κ3) is 3.36. The Morgan fingerprint density at radius 1 is 1.25 bits per heavy atom. The molecule has 1 aliphatic heterocycles. The van der Waals surface area contributed by atoms with Crippen LogP contribution in [0.5, 0.6) is 0 Å². The Morgan fingerprint density at radius 2 is 1.80 bits per heavy atom. The molecule has 0 spiro atoms. The maximum absolute atomic E-state index is 12.4. The van der Waals surface area contributed by atoms with Crippen LogP contribution in [0.2, 0.25) is 0 Å². The van der Waals surface area contributed by atoms with Crippen molar-refractivity contribution in [1.29, 1.82) is 0 Å². The van der Waals surface area contributed by atoms with Gasteiger partial charge in [-0.1, -0.05) is 30.3 Å². The van der Waals surface area contributed by atoms with Gasteiger partial charge in [0.1, 0.15) is 12.2 Å². The fourth-order valence-electron chi connectivity index (χ4n) is 2.57. The van der Waals surface area contributed by atoms with Crippen molar-refractivity contribution in [3.8, 4) is 0 Å². The molecule has 20 heavy (non-hydrogen) atoms. The number of benzene rings is 1. The minimum atomic E-state index is -0.523. The molecule has 0 bridgehead atoms. The first-order valence-corrected chi connectivity index (χ1v) is 6.79. The van der Waals surface area contributed by atoms with E-state index >= 15 is 0 Å². The van der Waals surface area contributed by atoms with E-state index in [1.54, 1.807) is 19.1 Å². The lowest BCUT2D eigenvalue weighted by atomic mass is 10.1. The molecule has 1 aliphatic rings. The Labute approximate surface area is 119 Å². The van der Waals surface area contributed by atoms with Crippen LogP contribution in [0.15, 0.2) is 30.3 Å². The van der Waals surface area contributed by atoms with Crippen molar-refractivity contribution in [3.05, 3.63) is 35.9 Å². The molecular weight excluding hydrogens is 256 g/mol. The van der Waals surface area contributed by atoms with Gasteiger partial charge in [0.2, 0.25) is 5.91 Å². The van der Waals surface area contributed by atoms with Gasteiger partial charge in [-0.25, -0.2) is 0 Å². The number of carbonyl (C=O) groups is 1. The van der Waals surface area contributed by atoms with Crippen molar-refractivity contribution in [2.45, 2.75) is 24.7 Å². The molecule has 1 aromatic carbocycles. The van der Waals surface area contributed by atoms with Gasteiger partial charge in [0.25, 0.3) is 0 Å². The van der Waals surface area contributed by atoms with Crippen LogP contribution < -0.4 is 5.73 Å². The first-order chi connectivity index (χ1) is 9.65. The topological polar surface area (TPSA) is 64.8 Å². The fourth-order valence-corrected chi connectivity index (χ4v) is 2.57. The van der Waals surface area contributed by atoms with Crippen molar-refractivity contribution in [2.75, 3.05) is 27.3 Å². The standard InChI is InChI=1S/C15H22N2O3/c1-19-13-9-17(10-14(13)20-2)15(18)12(16)8-11-6-4-3-5-7-11/h3-7,12-14H,8-10,16H2,1-2H3/t12-,13?,14?/m1/s1. The van der Waals surface area contributed by atoms with Crippen LogP contribution in [-0.4, -0.2) is 56.4 Å². The van der Waals surface area contributed by atoms with E-state index in [1.807, 2.05) is 30.3 Å². The van der Waals surface area contributed by atoms with Gasteiger partial charge in [-0.15, -0.1) is 0 Å². The summed E-state index contributed by atoms with van der Waals surface area (Å²) in [5.41, 5.74) is 7.10. The molecule has 1 aromatic rings. The lowest BCUT2D eigenvalue weighted by Crippen LogP contribution is -2.44. The van der Waals surface area contributed by atoms with E-state index in [9.17, 15) is 4.79 Å². The molecule has 2 rings (SSSR count). The third-order valence-corrected chi connectivity index (χ3v) is 3.75. The summed E-state index contributed by atoms with van der Waals surface area (Å²) in [6, 6.07) is 9.28. The number of carbonyl (C=O) groups excluding carboxylic acids is 1. The maximum atomic E-state index is 12.4. The monoisotopic (exact) mass is 278 g/mol. The highest BCUT2D eigenvalue weighted by Gasteiger charge is 2.36. The SMILES string of the molecule is COC1CN(C(=O)[C@H](N)Cc2ccccc2)CC1OC. The Hall–Kier alpha value is -1.43. The molecule has 5 heteroatoms. The predicted octanol–water partition coefficient (Wildman–Crippen LogP) is 0.429. The van der Waals surface area contributed by atoms with Gasteiger partial charge >= 0.3 is 0 Å². The number of rotatable bonds is 5. The smallest absolute Gasteiger partial charge is 0.240 e. The number of hydrogen-bond donors (Lipinski definition) is 1. The normalized spacial score (nSPS) is 23.9. The van der Waals surface area contributed by atoms with Gasteiger partial charge in [0.05, 0.1) is 6.04 Å². The summed E-state index contributed by atoms with van der Waals surface area (Å²) in [5, 5.41) is 0. The molecule has 2 unspecified atom stereocenters. The highest BCUT2D eigenvalue weighted by molar-refractivity contribution is 5.82. The highest BCUT2D eigenvalue weighted by Crippen LogP contribution is 2.17. The van der Waals surface area contributed by atoms with E-state index in [0.717, 1.165) is 5.56 Å². The molecule has 1 amide bonds. The van der Waals surface area contributed by atoms with Gasteiger partial charge in [0, 0.05) is 27.3 Å². The molecule has 0 aliphatic carbocycles. The van der Waals surface area contributed by atoms with Gasteiger partial charge in [-0.2, -0.15) is 0 Å². The zero-order valence-corrected chi connectivity index (χ0v) is 12.0. The lowest BCUT2D eigenvalue weighted by molar-refractivity contribution is -0.132. The molecule has 1 fully saturated rings. The van der Waals surface area contributed by atoms with Crippen LogP contribution in [-0.2, 0) is 20.7 Å². The van der Waals surface area contributed by atoms with E-state index in [0.29, 0.717) is 19.5 Å². The fraction of sp³-hybridized carbons (Fsp3) is 0.533. The average Bonchev–Trinajstić information content (AvgIpc) is 2.90. The van der Waals surface area contributed by atoms with Crippen LogP contribution in [0.4, 0.5) is 0 Å². The van der Waals surface area contributed by atoms with E-state index < -0.39 is 6.04 Å². The predicted molar refractivity (Wildman–Crippen MR) is 76.3 cm³/mol. The molecular formula is C15H22N2O3. The summed E-state index contributed by atoms with van der Waals surface area (Å²) >= 11 is 0. The molecule has 0 saturated carbocycles. The zero-order chi connectivity index (χ0) is 14.5. The maximum Gasteiger partial charge on any atom is 0.240 e. The first-order valence-electron chi connectivity index (χ1n) is 6.79. The van der Waals surface area contributed by atoms with Crippen molar-refractivity contribution in [2.24, 2.45) is 5.73 Å². The molecule has 5 nitrogen and oxygen atoms in total. The number of ether oxygens (including phenoxy) is 2. The number of methoxy groups -OCH3 is 2. The second kappa shape index (κ2) is 6.83. The summed E-state index contributed by atoms with van der Waals surface area (Å²) in [5.74, 6) is -0.0459. The molecule has 1 heterocycles. The summed E-state index contributed by atoms with van der Waals surface area (Å²) in [6.07, 6.45) is 0.395. The lowest BCUT2D eigenvalue weighted by Gasteiger charge is -2.20. The Kier molecular flexibility index (Phi) is 5.11.